The van der Waals surface area contributed by atoms with Crippen molar-refractivity contribution in [1.82, 2.24) is 0 Å². The summed E-state index contributed by atoms with van der Waals surface area (Å²) in [5.74, 6) is -0.199. The molecule has 1 aromatic heterocycles. The van der Waals surface area contributed by atoms with Crippen LogP contribution in [0.3, 0.4) is 0 Å². The van der Waals surface area contributed by atoms with Crippen molar-refractivity contribution in [3.8, 4) is 0 Å². The van der Waals surface area contributed by atoms with Gasteiger partial charge in [-0.15, -0.1) is 22.9 Å². The molecular weight excluding hydrogens is 231 g/mol. The predicted octanol–water partition coefficient (Wildman–Crippen LogP) is 4.52. The van der Waals surface area contributed by atoms with E-state index in [1.165, 1.54) is 6.07 Å². The van der Waals surface area contributed by atoms with Gasteiger partial charge in [-0.3, -0.25) is 0 Å². The maximum Gasteiger partial charge on any atom is 0.126 e. The molecule has 2 rings (SSSR count). The Hall–Kier alpha value is -0.860. The zero-order valence-corrected chi connectivity index (χ0v) is 9.78. The van der Waals surface area contributed by atoms with E-state index in [4.69, 9.17) is 11.6 Å². The molecule has 0 radical (unpaired) electrons. The van der Waals surface area contributed by atoms with Crippen LogP contribution in [0.4, 0.5) is 4.39 Å². The lowest BCUT2D eigenvalue weighted by Crippen LogP contribution is -1.96. The van der Waals surface area contributed by atoms with Gasteiger partial charge in [-0.2, -0.15) is 0 Å². The van der Waals surface area contributed by atoms with Crippen molar-refractivity contribution in [2.24, 2.45) is 0 Å². The van der Waals surface area contributed by atoms with E-state index in [0.717, 1.165) is 10.4 Å². The summed E-state index contributed by atoms with van der Waals surface area (Å²) in [6.45, 7) is 1.76. The molecule has 1 atom stereocenters. The fourth-order valence-electron chi connectivity index (χ4n) is 1.49. The summed E-state index contributed by atoms with van der Waals surface area (Å²) in [4.78, 5) is 1.05. The Labute approximate surface area is 97.3 Å². The summed E-state index contributed by atoms with van der Waals surface area (Å²) in [5.41, 5.74) is 1.48. The molecule has 0 saturated carbocycles. The van der Waals surface area contributed by atoms with E-state index in [9.17, 15) is 4.39 Å². The average Bonchev–Trinajstić information content (AvgIpc) is 2.74. The van der Waals surface area contributed by atoms with E-state index in [2.05, 4.69) is 0 Å². The van der Waals surface area contributed by atoms with Gasteiger partial charge in [0.05, 0.1) is 5.38 Å². The van der Waals surface area contributed by atoms with E-state index in [-0.39, 0.29) is 11.2 Å². The van der Waals surface area contributed by atoms with Crippen LogP contribution in [0.25, 0.3) is 0 Å². The summed E-state index contributed by atoms with van der Waals surface area (Å²) >= 11 is 7.88. The maximum absolute atomic E-state index is 13.3. The molecule has 1 unspecified atom stereocenters. The summed E-state index contributed by atoms with van der Waals surface area (Å²) in [7, 11) is 0. The zero-order valence-electron chi connectivity index (χ0n) is 8.21. The number of rotatable bonds is 2. The van der Waals surface area contributed by atoms with E-state index >= 15 is 0 Å². The summed E-state index contributed by atoms with van der Waals surface area (Å²) in [5, 5.41) is 1.72. The predicted molar refractivity (Wildman–Crippen MR) is 63.2 cm³/mol. The van der Waals surface area contributed by atoms with E-state index in [1.807, 2.05) is 23.6 Å². The van der Waals surface area contributed by atoms with Crippen LogP contribution >= 0.6 is 22.9 Å². The third kappa shape index (κ3) is 2.06. The molecule has 2 aromatic rings. The molecule has 1 aromatic carbocycles. The quantitative estimate of drug-likeness (QED) is 0.677. The van der Waals surface area contributed by atoms with Crippen LogP contribution in [-0.2, 0) is 0 Å². The van der Waals surface area contributed by atoms with Crippen molar-refractivity contribution in [3.63, 3.8) is 0 Å². The Morgan fingerprint density at radius 3 is 2.73 bits per heavy atom. The molecule has 0 aliphatic heterocycles. The van der Waals surface area contributed by atoms with Gasteiger partial charge in [-0.25, -0.2) is 4.39 Å². The van der Waals surface area contributed by atoms with Gasteiger partial charge < -0.3 is 0 Å². The molecule has 1 heterocycles. The molecule has 0 nitrogen and oxygen atoms in total. The Bertz CT molecular complexity index is 451. The van der Waals surface area contributed by atoms with Crippen molar-refractivity contribution in [2.45, 2.75) is 12.3 Å². The standard InChI is InChI=1S/C12H10ClFS/c1-8-9(4-2-5-10(8)14)12(13)11-6-3-7-15-11/h2-7,12H,1H3. The maximum atomic E-state index is 13.3. The molecule has 0 fully saturated rings. The van der Waals surface area contributed by atoms with Gasteiger partial charge in [0.25, 0.3) is 0 Å². The monoisotopic (exact) mass is 240 g/mol. The van der Waals surface area contributed by atoms with Gasteiger partial charge in [0.15, 0.2) is 0 Å². The van der Waals surface area contributed by atoms with Gasteiger partial charge in [-0.05, 0) is 35.6 Å². The highest BCUT2D eigenvalue weighted by Gasteiger charge is 2.15. The number of benzene rings is 1. The summed E-state index contributed by atoms with van der Waals surface area (Å²) in [6.07, 6.45) is 0. The van der Waals surface area contributed by atoms with Crippen LogP contribution in [0, 0.1) is 12.7 Å². The van der Waals surface area contributed by atoms with Crippen LogP contribution in [0.2, 0.25) is 0 Å². The fraction of sp³-hybridized carbons (Fsp3) is 0.167. The minimum atomic E-state index is -0.249. The second kappa shape index (κ2) is 4.33. The Morgan fingerprint density at radius 2 is 2.07 bits per heavy atom. The minimum Gasteiger partial charge on any atom is -0.207 e. The number of alkyl halides is 1. The van der Waals surface area contributed by atoms with E-state index in [1.54, 1.807) is 24.3 Å². The number of thiophene rings is 1. The van der Waals surface area contributed by atoms with Crippen LogP contribution < -0.4 is 0 Å². The first-order valence-electron chi connectivity index (χ1n) is 4.62. The Kier molecular flexibility index (Phi) is 3.08. The molecule has 78 valence electrons. The van der Waals surface area contributed by atoms with Crippen molar-refractivity contribution in [3.05, 3.63) is 57.5 Å². The zero-order chi connectivity index (χ0) is 10.8. The SMILES string of the molecule is Cc1c(F)cccc1C(Cl)c1cccs1. The van der Waals surface area contributed by atoms with E-state index < -0.39 is 0 Å². The lowest BCUT2D eigenvalue weighted by Gasteiger charge is -2.11. The number of hydrogen-bond acceptors (Lipinski definition) is 1. The van der Waals surface area contributed by atoms with Gasteiger partial charge in [0.1, 0.15) is 5.82 Å². The summed E-state index contributed by atoms with van der Waals surface area (Å²) in [6, 6.07) is 8.93. The topological polar surface area (TPSA) is 0 Å². The first-order valence-corrected chi connectivity index (χ1v) is 5.94. The molecule has 0 bridgehead atoms. The molecule has 0 amide bonds. The molecule has 3 heteroatoms. The number of halogens is 2. The highest BCUT2D eigenvalue weighted by atomic mass is 35.5. The largest absolute Gasteiger partial charge is 0.207 e. The second-order valence-electron chi connectivity index (χ2n) is 3.33. The van der Waals surface area contributed by atoms with Gasteiger partial charge in [0.2, 0.25) is 0 Å². The van der Waals surface area contributed by atoms with Crippen LogP contribution in [0.5, 0.6) is 0 Å². The van der Waals surface area contributed by atoms with Crippen molar-refractivity contribution < 1.29 is 4.39 Å². The van der Waals surface area contributed by atoms with Gasteiger partial charge in [-0.1, -0.05) is 18.2 Å². The lowest BCUT2D eigenvalue weighted by molar-refractivity contribution is 0.616. The van der Waals surface area contributed by atoms with Crippen LogP contribution in [0.1, 0.15) is 21.4 Å². The molecule has 0 saturated heterocycles. The van der Waals surface area contributed by atoms with Crippen molar-refractivity contribution >= 4 is 22.9 Å². The first kappa shape index (κ1) is 10.7. The first-order chi connectivity index (χ1) is 7.20. The summed E-state index contributed by atoms with van der Waals surface area (Å²) < 4.78 is 13.3. The molecule has 0 spiro atoms. The van der Waals surface area contributed by atoms with Crippen molar-refractivity contribution in [1.29, 1.82) is 0 Å². The highest BCUT2D eigenvalue weighted by molar-refractivity contribution is 7.10. The number of hydrogen-bond donors (Lipinski definition) is 0. The van der Waals surface area contributed by atoms with Gasteiger partial charge >= 0.3 is 0 Å². The van der Waals surface area contributed by atoms with E-state index in [0.29, 0.717) is 5.56 Å². The normalized spacial score (nSPS) is 12.7. The third-order valence-corrected chi connectivity index (χ3v) is 3.91. The minimum absolute atomic E-state index is 0.199. The van der Waals surface area contributed by atoms with Gasteiger partial charge in [0, 0.05) is 4.88 Å². The van der Waals surface area contributed by atoms with Crippen LogP contribution in [0.15, 0.2) is 35.7 Å². The third-order valence-electron chi connectivity index (χ3n) is 2.38. The Morgan fingerprint density at radius 1 is 1.27 bits per heavy atom. The highest BCUT2D eigenvalue weighted by Crippen LogP contribution is 2.34. The average molecular weight is 241 g/mol. The van der Waals surface area contributed by atoms with Crippen LogP contribution in [-0.4, -0.2) is 0 Å². The lowest BCUT2D eigenvalue weighted by atomic mass is 10.0. The molecule has 0 aliphatic carbocycles. The molecule has 15 heavy (non-hydrogen) atoms. The fourth-order valence-corrected chi connectivity index (χ4v) is 2.67. The Balaban J connectivity index is 2.42. The molecule has 0 aliphatic rings. The molecular formula is C12H10ClFS. The van der Waals surface area contributed by atoms with Crippen molar-refractivity contribution in [2.75, 3.05) is 0 Å². The molecule has 0 N–H and O–H groups in total. The smallest absolute Gasteiger partial charge is 0.126 e. The second-order valence-corrected chi connectivity index (χ2v) is 4.75.